The molecule has 0 aliphatic carbocycles. The Bertz CT molecular complexity index is 796. The number of carbonyl (C=O) groups excluding carboxylic acids is 2. The monoisotopic (exact) mass is 357 g/mol. The summed E-state index contributed by atoms with van der Waals surface area (Å²) in [5.41, 5.74) is 5.22. The van der Waals surface area contributed by atoms with Gasteiger partial charge in [0.2, 0.25) is 5.91 Å². The van der Waals surface area contributed by atoms with E-state index < -0.39 is 5.97 Å². The number of amides is 1. The summed E-state index contributed by atoms with van der Waals surface area (Å²) in [5.74, 6) is -0.484. The molecule has 0 fully saturated rings. The van der Waals surface area contributed by atoms with E-state index in [-0.39, 0.29) is 12.5 Å². The van der Waals surface area contributed by atoms with E-state index in [0.29, 0.717) is 19.4 Å². The predicted octanol–water partition coefficient (Wildman–Crippen LogP) is 2.48. The molecule has 0 bridgehead atoms. The van der Waals surface area contributed by atoms with Crippen molar-refractivity contribution < 1.29 is 14.3 Å². The fraction of sp³-hybridized carbons (Fsp3) is 0.450. The van der Waals surface area contributed by atoms with Crippen molar-refractivity contribution in [3.63, 3.8) is 0 Å². The van der Waals surface area contributed by atoms with Gasteiger partial charge in [-0.3, -0.25) is 14.3 Å². The molecule has 6 heteroatoms. The first-order chi connectivity index (χ1) is 12.3. The zero-order valence-corrected chi connectivity index (χ0v) is 16.2. The summed E-state index contributed by atoms with van der Waals surface area (Å²) in [4.78, 5) is 26.1. The normalized spacial score (nSPS) is 10.7. The number of aromatic nitrogens is 2. The standard InChI is InChI=1S/C20H27N3O3/c1-14-8-6-7-9-17(14)12-23(13-20(25)26-5)19(24)11-10-18-15(2)21-22(4)16(18)3/h6-9H,10-13H2,1-5H3. The highest BCUT2D eigenvalue weighted by atomic mass is 16.5. The predicted molar refractivity (Wildman–Crippen MR) is 99.6 cm³/mol. The van der Waals surface area contributed by atoms with Crippen LogP contribution in [0.4, 0.5) is 0 Å². The van der Waals surface area contributed by atoms with Crippen molar-refractivity contribution in [2.45, 2.75) is 40.2 Å². The van der Waals surface area contributed by atoms with Gasteiger partial charge < -0.3 is 9.64 Å². The molecule has 1 heterocycles. The zero-order chi connectivity index (χ0) is 19.3. The molecule has 1 aromatic carbocycles. The maximum absolute atomic E-state index is 12.8. The Hall–Kier alpha value is -2.63. The zero-order valence-electron chi connectivity index (χ0n) is 16.2. The first kappa shape index (κ1) is 19.7. The van der Waals surface area contributed by atoms with Crippen molar-refractivity contribution in [1.29, 1.82) is 0 Å². The maximum atomic E-state index is 12.8. The summed E-state index contributed by atoms with van der Waals surface area (Å²) in [6.45, 7) is 6.30. The smallest absolute Gasteiger partial charge is 0.325 e. The number of benzene rings is 1. The average Bonchev–Trinajstić information content (AvgIpc) is 2.86. The third kappa shape index (κ3) is 4.71. The molecule has 0 radical (unpaired) electrons. The van der Waals surface area contributed by atoms with E-state index in [1.165, 1.54) is 7.11 Å². The number of ether oxygens (including phenoxy) is 1. The molecule has 0 N–H and O–H groups in total. The quantitative estimate of drug-likeness (QED) is 0.714. The third-order valence-electron chi connectivity index (χ3n) is 4.77. The Morgan fingerprint density at radius 1 is 1.19 bits per heavy atom. The van der Waals surface area contributed by atoms with Crippen LogP contribution in [0, 0.1) is 20.8 Å². The first-order valence-corrected chi connectivity index (χ1v) is 8.71. The van der Waals surface area contributed by atoms with E-state index in [2.05, 4.69) is 5.10 Å². The maximum Gasteiger partial charge on any atom is 0.325 e. The van der Waals surface area contributed by atoms with Gasteiger partial charge in [-0.05, 0) is 43.9 Å². The molecule has 1 aromatic heterocycles. The van der Waals surface area contributed by atoms with E-state index >= 15 is 0 Å². The molecule has 0 aliphatic heterocycles. The molecule has 0 spiro atoms. The van der Waals surface area contributed by atoms with Crippen LogP contribution in [0.1, 0.15) is 34.5 Å². The Balaban J connectivity index is 2.12. The van der Waals surface area contributed by atoms with Crippen LogP contribution in [0.5, 0.6) is 0 Å². The molecule has 0 atom stereocenters. The van der Waals surface area contributed by atoms with E-state index in [4.69, 9.17) is 4.74 Å². The van der Waals surface area contributed by atoms with Crippen molar-refractivity contribution in [1.82, 2.24) is 14.7 Å². The van der Waals surface area contributed by atoms with E-state index in [1.807, 2.05) is 56.8 Å². The second-order valence-electron chi connectivity index (χ2n) is 6.53. The van der Waals surface area contributed by atoms with Gasteiger partial charge in [0.25, 0.3) is 0 Å². The molecule has 0 unspecified atom stereocenters. The van der Waals surface area contributed by atoms with Gasteiger partial charge in [-0.1, -0.05) is 24.3 Å². The van der Waals surface area contributed by atoms with Gasteiger partial charge >= 0.3 is 5.97 Å². The molecular weight excluding hydrogens is 330 g/mol. The van der Waals surface area contributed by atoms with Crippen LogP contribution in [0.25, 0.3) is 0 Å². The highest BCUT2D eigenvalue weighted by molar-refractivity contribution is 5.82. The summed E-state index contributed by atoms with van der Waals surface area (Å²) in [7, 11) is 3.23. The Kier molecular flexibility index (Phi) is 6.55. The van der Waals surface area contributed by atoms with Crippen molar-refractivity contribution in [3.05, 3.63) is 52.3 Å². The number of methoxy groups -OCH3 is 1. The Morgan fingerprint density at radius 3 is 2.46 bits per heavy atom. The van der Waals surface area contributed by atoms with E-state index in [9.17, 15) is 9.59 Å². The van der Waals surface area contributed by atoms with E-state index in [1.54, 1.807) is 4.90 Å². The topological polar surface area (TPSA) is 64.4 Å². The van der Waals surface area contributed by atoms with Crippen molar-refractivity contribution in [3.8, 4) is 0 Å². The van der Waals surface area contributed by atoms with Gasteiger partial charge in [-0.2, -0.15) is 5.10 Å². The average molecular weight is 357 g/mol. The number of esters is 1. The number of rotatable bonds is 7. The number of nitrogens with zero attached hydrogens (tertiary/aromatic N) is 3. The summed E-state index contributed by atoms with van der Waals surface area (Å²) in [6.07, 6.45) is 0.937. The molecule has 26 heavy (non-hydrogen) atoms. The lowest BCUT2D eigenvalue weighted by molar-refractivity contribution is -0.147. The van der Waals surface area contributed by atoms with Gasteiger partial charge in [0.05, 0.1) is 12.8 Å². The van der Waals surface area contributed by atoms with Crippen molar-refractivity contribution in [2.75, 3.05) is 13.7 Å². The summed E-state index contributed by atoms with van der Waals surface area (Å²) in [6, 6.07) is 7.87. The molecular formula is C20H27N3O3. The molecule has 2 aromatic rings. The number of hydrogen-bond donors (Lipinski definition) is 0. The SMILES string of the molecule is COC(=O)CN(Cc1ccccc1C)C(=O)CCc1c(C)nn(C)c1C. The van der Waals surface area contributed by atoms with Crippen molar-refractivity contribution >= 4 is 11.9 Å². The minimum absolute atomic E-state index is 0.0470. The van der Waals surface area contributed by atoms with Crippen LogP contribution in [-0.2, 0) is 34.3 Å². The van der Waals surface area contributed by atoms with Crippen LogP contribution in [0.3, 0.4) is 0 Å². The Morgan fingerprint density at radius 2 is 1.88 bits per heavy atom. The summed E-state index contributed by atoms with van der Waals surface area (Å²) >= 11 is 0. The second kappa shape index (κ2) is 8.65. The lowest BCUT2D eigenvalue weighted by Gasteiger charge is -2.22. The fourth-order valence-corrected chi connectivity index (χ4v) is 3.02. The highest BCUT2D eigenvalue weighted by Crippen LogP contribution is 2.16. The molecule has 1 amide bonds. The van der Waals surface area contributed by atoms with Gasteiger partial charge in [0, 0.05) is 25.7 Å². The van der Waals surface area contributed by atoms with Crippen molar-refractivity contribution in [2.24, 2.45) is 7.05 Å². The number of carbonyl (C=O) groups is 2. The number of aryl methyl sites for hydroxylation is 3. The summed E-state index contributed by atoms with van der Waals surface area (Å²) in [5, 5.41) is 4.39. The van der Waals surface area contributed by atoms with E-state index in [0.717, 1.165) is 28.1 Å². The van der Waals surface area contributed by atoms with Crippen LogP contribution < -0.4 is 0 Å². The number of hydrogen-bond acceptors (Lipinski definition) is 4. The van der Waals surface area contributed by atoms with Gasteiger partial charge in [0.1, 0.15) is 6.54 Å². The fourth-order valence-electron chi connectivity index (χ4n) is 3.02. The lowest BCUT2D eigenvalue weighted by atomic mass is 10.1. The molecule has 0 aliphatic rings. The van der Waals surface area contributed by atoms with Crippen LogP contribution in [0.15, 0.2) is 24.3 Å². The third-order valence-corrected chi connectivity index (χ3v) is 4.77. The molecule has 2 rings (SSSR count). The molecule has 0 saturated heterocycles. The van der Waals surface area contributed by atoms with Gasteiger partial charge in [0.15, 0.2) is 0 Å². The highest BCUT2D eigenvalue weighted by Gasteiger charge is 2.20. The van der Waals surface area contributed by atoms with Crippen LogP contribution in [0.2, 0.25) is 0 Å². The largest absolute Gasteiger partial charge is 0.468 e. The molecule has 0 saturated carbocycles. The van der Waals surface area contributed by atoms with Gasteiger partial charge in [-0.25, -0.2) is 0 Å². The minimum Gasteiger partial charge on any atom is -0.468 e. The second-order valence-corrected chi connectivity index (χ2v) is 6.53. The minimum atomic E-state index is -0.416. The molecule has 140 valence electrons. The molecule has 6 nitrogen and oxygen atoms in total. The Labute approximate surface area is 154 Å². The van der Waals surface area contributed by atoms with Crippen LogP contribution >= 0.6 is 0 Å². The first-order valence-electron chi connectivity index (χ1n) is 8.71. The van der Waals surface area contributed by atoms with Gasteiger partial charge in [-0.15, -0.1) is 0 Å². The lowest BCUT2D eigenvalue weighted by Crippen LogP contribution is -2.36. The summed E-state index contributed by atoms with van der Waals surface area (Å²) < 4.78 is 6.59. The van der Waals surface area contributed by atoms with Crippen LogP contribution in [-0.4, -0.2) is 40.2 Å².